The van der Waals surface area contributed by atoms with Crippen molar-refractivity contribution < 1.29 is 9.15 Å². The minimum absolute atomic E-state index is 0.270. The molecule has 0 radical (unpaired) electrons. The lowest BCUT2D eigenvalue weighted by molar-refractivity contribution is 0.259. The van der Waals surface area contributed by atoms with Crippen LogP contribution in [0.3, 0.4) is 0 Å². The van der Waals surface area contributed by atoms with Crippen LogP contribution in [0.1, 0.15) is 18.1 Å². The molecule has 1 aromatic carbocycles. The maximum Gasteiger partial charge on any atom is 0.232 e. The summed E-state index contributed by atoms with van der Waals surface area (Å²) in [4.78, 5) is 4.14. The Morgan fingerprint density at radius 3 is 2.94 bits per heavy atom. The topological polar surface area (TPSA) is 61.3 Å². The van der Waals surface area contributed by atoms with E-state index >= 15 is 0 Å². The Hall–Kier alpha value is -1.52. The van der Waals surface area contributed by atoms with E-state index < -0.39 is 0 Å². The molecule has 18 heavy (non-hydrogen) atoms. The van der Waals surface area contributed by atoms with E-state index in [4.69, 9.17) is 26.5 Å². The van der Waals surface area contributed by atoms with Gasteiger partial charge < -0.3 is 14.9 Å². The Bertz CT molecular complexity index is 499. The Labute approximate surface area is 111 Å². The summed E-state index contributed by atoms with van der Waals surface area (Å²) in [5.41, 5.74) is 5.43. The van der Waals surface area contributed by atoms with Gasteiger partial charge in [-0.25, -0.2) is 4.98 Å². The molecule has 0 aliphatic heterocycles. The molecule has 0 spiro atoms. The monoisotopic (exact) mass is 266 g/mol. The number of para-hydroxylation sites is 1. The van der Waals surface area contributed by atoms with Gasteiger partial charge in [0.15, 0.2) is 6.61 Å². The summed E-state index contributed by atoms with van der Waals surface area (Å²) < 4.78 is 11.0. The predicted molar refractivity (Wildman–Crippen MR) is 69.7 cm³/mol. The van der Waals surface area contributed by atoms with E-state index in [1.165, 1.54) is 0 Å². The Morgan fingerprint density at radius 2 is 2.17 bits per heavy atom. The molecule has 0 aliphatic carbocycles. The number of aryl methyl sites for hydroxylation is 1. The second-order valence-corrected chi connectivity index (χ2v) is 4.24. The first-order valence-corrected chi connectivity index (χ1v) is 6.18. The SMILES string of the molecule is NCCCc1cnc(COc2ccccc2Cl)o1. The zero-order valence-electron chi connectivity index (χ0n) is 9.93. The molecule has 0 bridgehead atoms. The van der Waals surface area contributed by atoms with Crippen molar-refractivity contribution in [2.45, 2.75) is 19.4 Å². The molecule has 4 nitrogen and oxygen atoms in total. The molecule has 1 heterocycles. The van der Waals surface area contributed by atoms with Gasteiger partial charge in [0.1, 0.15) is 11.5 Å². The third-order valence-electron chi connectivity index (χ3n) is 2.42. The third-order valence-corrected chi connectivity index (χ3v) is 2.73. The van der Waals surface area contributed by atoms with Crippen molar-refractivity contribution in [2.24, 2.45) is 5.73 Å². The summed E-state index contributed by atoms with van der Waals surface area (Å²) in [6, 6.07) is 7.30. The van der Waals surface area contributed by atoms with Crippen molar-refractivity contribution >= 4 is 11.6 Å². The van der Waals surface area contributed by atoms with Crippen LogP contribution in [-0.4, -0.2) is 11.5 Å². The van der Waals surface area contributed by atoms with E-state index in [-0.39, 0.29) is 6.61 Å². The fraction of sp³-hybridized carbons (Fsp3) is 0.308. The smallest absolute Gasteiger partial charge is 0.232 e. The molecule has 0 fully saturated rings. The van der Waals surface area contributed by atoms with Gasteiger partial charge in [-0.1, -0.05) is 23.7 Å². The van der Waals surface area contributed by atoms with Crippen molar-refractivity contribution in [3.8, 4) is 5.75 Å². The average molecular weight is 267 g/mol. The number of nitrogens with two attached hydrogens (primary N) is 1. The lowest BCUT2D eigenvalue weighted by Crippen LogP contribution is -1.99. The minimum Gasteiger partial charge on any atom is -0.482 e. The molecule has 0 amide bonds. The number of oxazole rings is 1. The summed E-state index contributed by atoms with van der Waals surface area (Å²) in [6.45, 7) is 0.915. The van der Waals surface area contributed by atoms with E-state index in [0.29, 0.717) is 23.2 Å². The number of halogens is 1. The number of nitrogens with zero attached hydrogens (tertiary/aromatic N) is 1. The maximum atomic E-state index is 5.97. The first kappa shape index (κ1) is 12.9. The molecule has 2 N–H and O–H groups in total. The highest BCUT2D eigenvalue weighted by Gasteiger charge is 2.06. The van der Waals surface area contributed by atoms with Crippen LogP contribution < -0.4 is 10.5 Å². The second kappa shape index (κ2) is 6.42. The lowest BCUT2D eigenvalue weighted by atomic mass is 10.3. The Morgan fingerprint density at radius 1 is 1.33 bits per heavy atom. The van der Waals surface area contributed by atoms with Crippen LogP contribution in [0.15, 0.2) is 34.9 Å². The molecule has 96 valence electrons. The zero-order valence-corrected chi connectivity index (χ0v) is 10.7. The second-order valence-electron chi connectivity index (χ2n) is 3.83. The number of hydrogen-bond donors (Lipinski definition) is 1. The Balaban J connectivity index is 1.90. The van der Waals surface area contributed by atoms with Crippen LogP contribution in [-0.2, 0) is 13.0 Å². The van der Waals surface area contributed by atoms with Gasteiger partial charge in [-0.15, -0.1) is 0 Å². The summed E-state index contributed by atoms with van der Waals surface area (Å²) in [5, 5.41) is 0.576. The minimum atomic E-state index is 0.270. The van der Waals surface area contributed by atoms with Crippen molar-refractivity contribution in [1.29, 1.82) is 0 Å². The highest BCUT2D eigenvalue weighted by atomic mass is 35.5. The number of aromatic nitrogens is 1. The summed E-state index contributed by atoms with van der Waals surface area (Å²) in [5.74, 6) is 2.00. The van der Waals surface area contributed by atoms with Gasteiger partial charge in [0.05, 0.1) is 11.2 Å². The van der Waals surface area contributed by atoms with Gasteiger partial charge in [-0.3, -0.25) is 0 Å². The number of ether oxygens (including phenoxy) is 1. The third kappa shape index (κ3) is 3.48. The average Bonchev–Trinajstić information content (AvgIpc) is 2.83. The number of hydrogen-bond acceptors (Lipinski definition) is 4. The van der Waals surface area contributed by atoms with Gasteiger partial charge >= 0.3 is 0 Å². The van der Waals surface area contributed by atoms with Crippen LogP contribution in [0.25, 0.3) is 0 Å². The summed E-state index contributed by atoms with van der Waals surface area (Å²) in [6.07, 6.45) is 3.40. The van der Waals surface area contributed by atoms with E-state index in [2.05, 4.69) is 4.98 Å². The molecule has 0 atom stereocenters. The molecule has 2 rings (SSSR count). The molecular formula is C13H15ClN2O2. The van der Waals surface area contributed by atoms with Crippen molar-refractivity contribution in [3.63, 3.8) is 0 Å². The first-order chi connectivity index (χ1) is 8.79. The highest BCUT2D eigenvalue weighted by molar-refractivity contribution is 6.32. The molecular weight excluding hydrogens is 252 g/mol. The van der Waals surface area contributed by atoms with Crippen LogP contribution in [0, 0.1) is 0 Å². The number of benzene rings is 1. The van der Waals surface area contributed by atoms with Crippen molar-refractivity contribution in [1.82, 2.24) is 4.98 Å². The van der Waals surface area contributed by atoms with Gasteiger partial charge in [-0.2, -0.15) is 0 Å². The molecule has 0 saturated heterocycles. The summed E-state index contributed by atoms with van der Waals surface area (Å²) in [7, 11) is 0. The van der Waals surface area contributed by atoms with Crippen molar-refractivity contribution in [2.75, 3.05) is 6.54 Å². The molecule has 0 aliphatic rings. The fourth-order valence-corrected chi connectivity index (χ4v) is 1.70. The normalized spacial score (nSPS) is 10.6. The van der Waals surface area contributed by atoms with Crippen LogP contribution >= 0.6 is 11.6 Å². The summed E-state index contributed by atoms with van der Waals surface area (Å²) >= 11 is 5.97. The zero-order chi connectivity index (χ0) is 12.8. The molecule has 0 saturated carbocycles. The standard InChI is InChI=1S/C13H15ClN2O2/c14-11-5-1-2-6-12(11)17-9-13-16-8-10(18-13)4-3-7-15/h1-2,5-6,8H,3-4,7,9,15H2. The quantitative estimate of drug-likeness (QED) is 0.873. The van der Waals surface area contributed by atoms with Gasteiger partial charge in [0.2, 0.25) is 5.89 Å². The van der Waals surface area contributed by atoms with Gasteiger partial charge in [0.25, 0.3) is 0 Å². The maximum absolute atomic E-state index is 5.97. The largest absolute Gasteiger partial charge is 0.482 e. The van der Waals surface area contributed by atoms with Gasteiger partial charge in [-0.05, 0) is 25.1 Å². The number of rotatable bonds is 6. The molecule has 5 heteroatoms. The van der Waals surface area contributed by atoms with E-state index in [0.717, 1.165) is 18.6 Å². The Kier molecular flexibility index (Phi) is 4.61. The van der Waals surface area contributed by atoms with Crippen LogP contribution in [0.5, 0.6) is 5.75 Å². The molecule has 0 unspecified atom stereocenters. The highest BCUT2D eigenvalue weighted by Crippen LogP contribution is 2.24. The fourth-order valence-electron chi connectivity index (χ4n) is 1.51. The first-order valence-electron chi connectivity index (χ1n) is 5.80. The van der Waals surface area contributed by atoms with Crippen molar-refractivity contribution in [3.05, 3.63) is 47.1 Å². The van der Waals surface area contributed by atoms with Gasteiger partial charge in [0, 0.05) is 6.42 Å². The van der Waals surface area contributed by atoms with Crippen LogP contribution in [0.4, 0.5) is 0 Å². The predicted octanol–water partition coefficient (Wildman–Crippen LogP) is 2.80. The van der Waals surface area contributed by atoms with Crippen LogP contribution in [0.2, 0.25) is 5.02 Å². The van der Waals surface area contributed by atoms with E-state index in [1.54, 1.807) is 18.3 Å². The lowest BCUT2D eigenvalue weighted by Gasteiger charge is -2.04. The molecule has 1 aromatic heterocycles. The van der Waals surface area contributed by atoms with E-state index in [1.807, 2.05) is 12.1 Å². The van der Waals surface area contributed by atoms with E-state index in [9.17, 15) is 0 Å². The molecule has 2 aromatic rings.